The van der Waals surface area contributed by atoms with Crippen LogP contribution in [0.5, 0.6) is 0 Å². The smallest absolute Gasteiger partial charge is 0.129 e. The summed E-state index contributed by atoms with van der Waals surface area (Å²) >= 11 is 5.81. The highest BCUT2D eigenvalue weighted by atomic mass is 35.5. The first-order valence-corrected chi connectivity index (χ1v) is 4.35. The van der Waals surface area contributed by atoms with Crippen molar-refractivity contribution in [3.05, 3.63) is 47.3 Å². The molecule has 3 heteroatoms. The topological polar surface area (TPSA) is 26.0 Å². The molecule has 0 bridgehead atoms. The van der Waals surface area contributed by atoms with E-state index in [1.807, 2.05) is 0 Å². The Morgan fingerprint density at radius 2 is 2.31 bits per heavy atom. The van der Waals surface area contributed by atoms with E-state index in [2.05, 4.69) is 6.58 Å². The second-order valence-corrected chi connectivity index (χ2v) is 3.17. The molecule has 0 aliphatic heterocycles. The van der Waals surface area contributed by atoms with E-state index in [1.165, 1.54) is 6.07 Å². The van der Waals surface area contributed by atoms with Gasteiger partial charge in [0, 0.05) is 16.6 Å². The summed E-state index contributed by atoms with van der Waals surface area (Å²) in [6, 6.07) is 4.13. The standard InChI is InChI=1S/C10H11ClFN/c1-2-4-9(13)10-7(11)5-3-6-8(10)12/h2-3,5-6,9H,1,4,13H2. The number of benzene rings is 1. The third kappa shape index (κ3) is 2.29. The number of hydrogen-bond donors (Lipinski definition) is 1. The van der Waals surface area contributed by atoms with Crippen LogP contribution in [-0.2, 0) is 0 Å². The predicted molar refractivity (Wildman–Crippen MR) is 53.2 cm³/mol. The third-order valence-corrected chi connectivity index (χ3v) is 2.12. The fourth-order valence-corrected chi connectivity index (χ4v) is 1.47. The van der Waals surface area contributed by atoms with Crippen molar-refractivity contribution in [1.29, 1.82) is 0 Å². The lowest BCUT2D eigenvalue weighted by molar-refractivity contribution is 0.584. The number of rotatable bonds is 3. The van der Waals surface area contributed by atoms with Crippen LogP contribution >= 0.6 is 11.6 Å². The molecule has 1 rings (SSSR count). The summed E-state index contributed by atoms with van der Waals surface area (Å²) in [6.45, 7) is 3.54. The molecule has 2 N–H and O–H groups in total. The van der Waals surface area contributed by atoms with Gasteiger partial charge in [-0.15, -0.1) is 6.58 Å². The van der Waals surface area contributed by atoms with Crippen molar-refractivity contribution >= 4 is 11.6 Å². The van der Waals surface area contributed by atoms with Gasteiger partial charge in [-0.05, 0) is 18.6 Å². The fraction of sp³-hybridized carbons (Fsp3) is 0.200. The molecule has 1 aromatic carbocycles. The highest BCUT2D eigenvalue weighted by Gasteiger charge is 2.13. The molecule has 70 valence electrons. The van der Waals surface area contributed by atoms with Gasteiger partial charge < -0.3 is 5.73 Å². The molecule has 1 aromatic rings. The Balaban J connectivity index is 3.04. The molecule has 0 aromatic heterocycles. The van der Waals surface area contributed by atoms with Crippen LogP contribution in [0.25, 0.3) is 0 Å². The molecule has 0 radical (unpaired) electrons. The van der Waals surface area contributed by atoms with E-state index in [1.54, 1.807) is 18.2 Å². The Labute approximate surface area is 82.0 Å². The van der Waals surface area contributed by atoms with Crippen molar-refractivity contribution in [2.24, 2.45) is 5.73 Å². The van der Waals surface area contributed by atoms with Crippen LogP contribution in [-0.4, -0.2) is 0 Å². The summed E-state index contributed by atoms with van der Waals surface area (Å²) in [6.07, 6.45) is 2.16. The van der Waals surface area contributed by atoms with Crippen LogP contribution in [0.3, 0.4) is 0 Å². The minimum Gasteiger partial charge on any atom is -0.324 e. The molecule has 0 fully saturated rings. The van der Waals surface area contributed by atoms with E-state index in [0.29, 0.717) is 17.0 Å². The molecular formula is C10H11ClFN. The lowest BCUT2D eigenvalue weighted by atomic mass is 10.0. The van der Waals surface area contributed by atoms with E-state index in [4.69, 9.17) is 17.3 Å². The van der Waals surface area contributed by atoms with E-state index in [0.717, 1.165) is 0 Å². The van der Waals surface area contributed by atoms with Crippen LogP contribution in [0.1, 0.15) is 18.0 Å². The van der Waals surface area contributed by atoms with Crippen LogP contribution in [0.4, 0.5) is 4.39 Å². The minimum atomic E-state index is -0.411. The lowest BCUT2D eigenvalue weighted by Gasteiger charge is -2.11. The largest absolute Gasteiger partial charge is 0.324 e. The Morgan fingerprint density at radius 1 is 1.62 bits per heavy atom. The van der Waals surface area contributed by atoms with E-state index in [9.17, 15) is 4.39 Å². The molecular weight excluding hydrogens is 189 g/mol. The normalized spacial score (nSPS) is 12.5. The SMILES string of the molecule is C=CCC(N)c1c(F)cccc1Cl. The maximum Gasteiger partial charge on any atom is 0.129 e. The van der Waals surface area contributed by atoms with Gasteiger partial charge in [-0.3, -0.25) is 0 Å². The first-order chi connectivity index (χ1) is 6.16. The highest BCUT2D eigenvalue weighted by molar-refractivity contribution is 6.31. The average Bonchev–Trinajstić information content (AvgIpc) is 2.04. The quantitative estimate of drug-likeness (QED) is 0.744. The summed E-state index contributed by atoms with van der Waals surface area (Å²) in [5.41, 5.74) is 6.08. The Kier molecular flexibility index (Phi) is 3.46. The van der Waals surface area contributed by atoms with Crippen molar-refractivity contribution in [2.75, 3.05) is 0 Å². The fourth-order valence-electron chi connectivity index (χ4n) is 1.16. The van der Waals surface area contributed by atoms with Crippen LogP contribution in [0.15, 0.2) is 30.9 Å². The van der Waals surface area contributed by atoms with E-state index < -0.39 is 6.04 Å². The van der Waals surface area contributed by atoms with Gasteiger partial charge in [0.15, 0.2) is 0 Å². The summed E-state index contributed by atoms with van der Waals surface area (Å²) in [7, 11) is 0. The maximum atomic E-state index is 13.2. The number of hydrogen-bond acceptors (Lipinski definition) is 1. The molecule has 1 atom stereocenters. The number of nitrogens with two attached hydrogens (primary N) is 1. The minimum absolute atomic E-state index is 0.359. The van der Waals surface area contributed by atoms with Gasteiger partial charge in [0.2, 0.25) is 0 Å². The average molecular weight is 200 g/mol. The lowest BCUT2D eigenvalue weighted by Crippen LogP contribution is -2.11. The molecule has 1 nitrogen and oxygen atoms in total. The van der Waals surface area contributed by atoms with Crippen LogP contribution < -0.4 is 5.73 Å². The monoisotopic (exact) mass is 199 g/mol. The van der Waals surface area contributed by atoms with E-state index in [-0.39, 0.29) is 5.82 Å². The first kappa shape index (κ1) is 10.2. The summed E-state index contributed by atoms with van der Waals surface area (Å²) < 4.78 is 13.2. The Hall–Kier alpha value is -0.860. The molecule has 0 heterocycles. The molecule has 13 heavy (non-hydrogen) atoms. The van der Waals surface area contributed by atoms with E-state index >= 15 is 0 Å². The third-order valence-electron chi connectivity index (χ3n) is 1.79. The second-order valence-electron chi connectivity index (χ2n) is 2.77. The zero-order valence-electron chi connectivity index (χ0n) is 7.13. The highest BCUT2D eigenvalue weighted by Crippen LogP contribution is 2.26. The van der Waals surface area contributed by atoms with Gasteiger partial charge in [-0.25, -0.2) is 4.39 Å². The molecule has 1 unspecified atom stereocenters. The second kappa shape index (κ2) is 4.40. The molecule has 0 spiro atoms. The van der Waals surface area contributed by atoms with Gasteiger partial charge in [0.1, 0.15) is 5.82 Å². The Bertz CT molecular complexity index is 292. The van der Waals surface area contributed by atoms with Crippen molar-refractivity contribution < 1.29 is 4.39 Å². The van der Waals surface area contributed by atoms with Gasteiger partial charge in [0.25, 0.3) is 0 Å². The molecule has 0 aliphatic rings. The van der Waals surface area contributed by atoms with Crippen molar-refractivity contribution in [2.45, 2.75) is 12.5 Å². The van der Waals surface area contributed by atoms with Crippen molar-refractivity contribution in [3.8, 4) is 0 Å². The van der Waals surface area contributed by atoms with Gasteiger partial charge in [-0.1, -0.05) is 23.7 Å². The van der Waals surface area contributed by atoms with Crippen molar-refractivity contribution in [1.82, 2.24) is 0 Å². The molecule has 0 aliphatic carbocycles. The molecule has 0 saturated carbocycles. The van der Waals surface area contributed by atoms with Crippen LogP contribution in [0.2, 0.25) is 5.02 Å². The summed E-state index contributed by atoms with van der Waals surface area (Å²) in [5.74, 6) is -0.359. The predicted octanol–water partition coefficient (Wildman–Crippen LogP) is 3.06. The number of halogens is 2. The van der Waals surface area contributed by atoms with Gasteiger partial charge in [0.05, 0.1) is 0 Å². The molecule has 0 amide bonds. The van der Waals surface area contributed by atoms with Crippen molar-refractivity contribution in [3.63, 3.8) is 0 Å². The van der Waals surface area contributed by atoms with Gasteiger partial charge >= 0.3 is 0 Å². The maximum absolute atomic E-state index is 13.2. The summed E-state index contributed by atoms with van der Waals surface area (Å²) in [4.78, 5) is 0. The van der Waals surface area contributed by atoms with Crippen LogP contribution in [0, 0.1) is 5.82 Å². The Morgan fingerprint density at radius 3 is 2.85 bits per heavy atom. The zero-order chi connectivity index (χ0) is 9.84. The summed E-state index contributed by atoms with van der Waals surface area (Å²) in [5, 5.41) is 0.370. The molecule has 0 saturated heterocycles. The van der Waals surface area contributed by atoms with Gasteiger partial charge in [-0.2, -0.15) is 0 Å². The zero-order valence-corrected chi connectivity index (χ0v) is 7.89. The first-order valence-electron chi connectivity index (χ1n) is 3.97.